The largest absolute Gasteiger partial charge is 0.303 e. The SMILES string of the molecule is Cc1ccnc(-c2nc3sc(C)c(-c4ccc(F)cc4)c3c(=O)[nH]2)n1. The molecule has 0 fully saturated rings. The zero-order valence-corrected chi connectivity index (χ0v) is 14.3. The van der Waals surface area contributed by atoms with Gasteiger partial charge < -0.3 is 4.98 Å². The van der Waals surface area contributed by atoms with Crippen LogP contribution in [0.4, 0.5) is 4.39 Å². The lowest BCUT2D eigenvalue weighted by molar-refractivity contribution is 0.628. The second kappa shape index (κ2) is 5.86. The first-order valence-electron chi connectivity index (χ1n) is 7.62. The summed E-state index contributed by atoms with van der Waals surface area (Å²) >= 11 is 1.42. The summed E-state index contributed by atoms with van der Waals surface area (Å²) in [7, 11) is 0. The molecule has 0 aliphatic carbocycles. The van der Waals surface area contributed by atoms with Crippen molar-refractivity contribution < 1.29 is 4.39 Å². The van der Waals surface area contributed by atoms with Gasteiger partial charge in [-0.15, -0.1) is 11.3 Å². The van der Waals surface area contributed by atoms with Crippen molar-refractivity contribution in [1.29, 1.82) is 0 Å². The number of benzene rings is 1. The maximum Gasteiger partial charge on any atom is 0.260 e. The molecule has 0 amide bonds. The molecule has 0 atom stereocenters. The molecule has 0 aliphatic rings. The number of aromatic amines is 1. The average molecular weight is 352 g/mol. The fourth-order valence-electron chi connectivity index (χ4n) is 2.75. The highest BCUT2D eigenvalue weighted by Gasteiger charge is 2.18. The third kappa shape index (κ3) is 2.72. The van der Waals surface area contributed by atoms with E-state index >= 15 is 0 Å². The fraction of sp³-hybridized carbons (Fsp3) is 0.111. The van der Waals surface area contributed by atoms with Crippen molar-refractivity contribution >= 4 is 21.6 Å². The number of nitrogens with one attached hydrogen (secondary N) is 1. The smallest absolute Gasteiger partial charge is 0.260 e. The lowest BCUT2D eigenvalue weighted by Gasteiger charge is -2.03. The van der Waals surface area contributed by atoms with Crippen molar-refractivity contribution in [3.8, 4) is 22.8 Å². The Morgan fingerprint density at radius 3 is 2.56 bits per heavy atom. The van der Waals surface area contributed by atoms with Crippen LogP contribution in [-0.2, 0) is 0 Å². The van der Waals surface area contributed by atoms with Crippen LogP contribution in [0.15, 0.2) is 41.3 Å². The Morgan fingerprint density at radius 2 is 1.84 bits per heavy atom. The number of fused-ring (bicyclic) bond motifs is 1. The van der Waals surface area contributed by atoms with Gasteiger partial charge in [0.1, 0.15) is 10.6 Å². The number of thiophene rings is 1. The van der Waals surface area contributed by atoms with E-state index in [4.69, 9.17) is 0 Å². The number of nitrogens with zero attached hydrogens (tertiary/aromatic N) is 3. The Balaban J connectivity index is 1.95. The van der Waals surface area contributed by atoms with E-state index in [9.17, 15) is 9.18 Å². The van der Waals surface area contributed by atoms with Crippen molar-refractivity contribution in [3.63, 3.8) is 0 Å². The molecular formula is C18H13FN4OS. The molecule has 1 N–H and O–H groups in total. The first-order valence-corrected chi connectivity index (χ1v) is 8.44. The summed E-state index contributed by atoms with van der Waals surface area (Å²) in [5.74, 6) is 0.411. The number of hydrogen-bond donors (Lipinski definition) is 1. The van der Waals surface area contributed by atoms with Crippen molar-refractivity contribution in [1.82, 2.24) is 19.9 Å². The third-order valence-corrected chi connectivity index (χ3v) is 4.88. The van der Waals surface area contributed by atoms with E-state index in [1.54, 1.807) is 24.4 Å². The standard InChI is InChI=1S/C18H13FN4OS/c1-9-7-8-20-15(21-9)16-22-17(24)14-13(10(2)25-18(14)23-16)11-3-5-12(19)6-4-11/h3-8H,1-2H3,(H,22,23,24). The van der Waals surface area contributed by atoms with E-state index in [0.717, 1.165) is 21.7 Å². The quantitative estimate of drug-likeness (QED) is 0.594. The molecule has 0 spiro atoms. The predicted octanol–water partition coefficient (Wildman–Crippen LogP) is 3.86. The summed E-state index contributed by atoms with van der Waals surface area (Å²) in [6.45, 7) is 3.77. The Kier molecular flexibility index (Phi) is 3.65. The normalized spacial score (nSPS) is 11.2. The molecule has 0 aliphatic heterocycles. The topological polar surface area (TPSA) is 71.5 Å². The molecule has 3 aromatic heterocycles. The van der Waals surface area contributed by atoms with Crippen molar-refractivity contribution in [2.75, 3.05) is 0 Å². The molecule has 1 aromatic carbocycles. The van der Waals surface area contributed by atoms with Gasteiger partial charge in [0.25, 0.3) is 5.56 Å². The van der Waals surface area contributed by atoms with E-state index in [1.807, 2.05) is 13.8 Å². The maximum absolute atomic E-state index is 13.2. The zero-order valence-electron chi connectivity index (χ0n) is 13.5. The molecule has 0 unspecified atom stereocenters. The van der Waals surface area contributed by atoms with Gasteiger partial charge in [-0.2, -0.15) is 0 Å². The van der Waals surface area contributed by atoms with Crippen molar-refractivity contribution in [2.24, 2.45) is 0 Å². The molecule has 5 nitrogen and oxygen atoms in total. The van der Waals surface area contributed by atoms with E-state index < -0.39 is 0 Å². The molecule has 7 heteroatoms. The summed E-state index contributed by atoms with van der Waals surface area (Å²) in [5.41, 5.74) is 2.11. The van der Waals surface area contributed by atoms with Crippen LogP contribution in [0.5, 0.6) is 0 Å². The van der Waals surface area contributed by atoms with Gasteiger partial charge in [0.15, 0.2) is 11.6 Å². The summed E-state index contributed by atoms with van der Waals surface area (Å²) in [6.07, 6.45) is 1.63. The highest BCUT2D eigenvalue weighted by Crippen LogP contribution is 2.35. The van der Waals surface area contributed by atoms with Crippen LogP contribution >= 0.6 is 11.3 Å². The summed E-state index contributed by atoms with van der Waals surface area (Å²) in [4.78, 5) is 30.1. The molecule has 25 heavy (non-hydrogen) atoms. The molecule has 124 valence electrons. The fourth-order valence-corrected chi connectivity index (χ4v) is 3.80. The number of rotatable bonds is 2. The molecule has 0 saturated carbocycles. The van der Waals surface area contributed by atoms with Crippen LogP contribution in [0.2, 0.25) is 0 Å². The first kappa shape index (κ1) is 15.6. The lowest BCUT2D eigenvalue weighted by atomic mass is 10.0. The van der Waals surface area contributed by atoms with Crippen LogP contribution in [0.1, 0.15) is 10.6 Å². The highest BCUT2D eigenvalue weighted by atomic mass is 32.1. The van der Waals surface area contributed by atoms with Gasteiger partial charge in [0, 0.05) is 22.3 Å². The van der Waals surface area contributed by atoms with Gasteiger partial charge in [-0.3, -0.25) is 4.79 Å². The van der Waals surface area contributed by atoms with Crippen LogP contribution in [-0.4, -0.2) is 19.9 Å². The summed E-state index contributed by atoms with van der Waals surface area (Å²) in [5, 5.41) is 0.505. The minimum atomic E-state index is -0.313. The van der Waals surface area contributed by atoms with Gasteiger partial charge >= 0.3 is 0 Å². The number of H-pyrrole nitrogens is 1. The van der Waals surface area contributed by atoms with E-state index in [0.29, 0.717) is 21.9 Å². The number of aryl methyl sites for hydroxylation is 2. The van der Waals surface area contributed by atoms with Crippen molar-refractivity contribution in [2.45, 2.75) is 13.8 Å². The highest BCUT2D eigenvalue weighted by molar-refractivity contribution is 7.19. The predicted molar refractivity (Wildman–Crippen MR) is 96.1 cm³/mol. The minimum Gasteiger partial charge on any atom is -0.303 e. The second-order valence-corrected chi connectivity index (χ2v) is 6.86. The molecule has 0 saturated heterocycles. The van der Waals surface area contributed by atoms with Gasteiger partial charge in [-0.05, 0) is 37.6 Å². The minimum absolute atomic E-state index is 0.256. The Bertz CT molecular complexity index is 1150. The Labute approximate surface area is 146 Å². The zero-order chi connectivity index (χ0) is 17.6. The van der Waals surface area contributed by atoms with E-state index in [2.05, 4.69) is 19.9 Å². The van der Waals surface area contributed by atoms with Crippen LogP contribution < -0.4 is 5.56 Å². The molecule has 4 rings (SSSR count). The molecular weight excluding hydrogens is 339 g/mol. The number of aromatic nitrogens is 4. The lowest BCUT2D eigenvalue weighted by Crippen LogP contribution is -2.10. The van der Waals surface area contributed by atoms with E-state index in [-0.39, 0.29) is 11.4 Å². The van der Waals surface area contributed by atoms with Gasteiger partial charge in [-0.1, -0.05) is 12.1 Å². The first-order chi connectivity index (χ1) is 12.0. The van der Waals surface area contributed by atoms with E-state index in [1.165, 1.54) is 23.5 Å². The average Bonchev–Trinajstić information content (AvgIpc) is 2.92. The van der Waals surface area contributed by atoms with Crippen LogP contribution in [0.3, 0.4) is 0 Å². The molecule has 0 radical (unpaired) electrons. The van der Waals surface area contributed by atoms with Gasteiger partial charge in [0.05, 0.1) is 5.39 Å². The monoisotopic (exact) mass is 352 g/mol. The summed E-state index contributed by atoms with van der Waals surface area (Å²) in [6, 6.07) is 7.88. The maximum atomic E-state index is 13.2. The number of halogens is 1. The Morgan fingerprint density at radius 1 is 1.08 bits per heavy atom. The van der Waals surface area contributed by atoms with Crippen molar-refractivity contribution in [3.05, 3.63) is 63.3 Å². The van der Waals surface area contributed by atoms with Crippen LogP contribution in [0, 0.1) is 19.7 Å². The second-order valence-electron chi connectivity index (χ2n) is 5.66. The Hall–Kier alpha value is -2.93. The third-order valence-electron chi connectivity index (χ3n) is 3.88. The van der Waals surface area contributed by atoms with Gasteiger partial charge in [0.2, 0.25) is 0 Å². The molecule has 4 aromatic rings. The molecule has 0 bridgehead atoms. The number of hydrogen-bond acceptors (Lipinski definition) is 5. The van der Waals surface area contributed by atoms with Gasteiger partial charge in [-0.25, -0.2) is 19.3 Å². The summed E-state index contributed by atoms with van der Waals surface area (Å²) < 4.78 is 13.2. The molecule has 3 heterocycles. The van der Waals surface area contributed by atoms with Crippen LogP contribution in [0.25, 0.3) is 33.0 Å².